The molecule has 4 rings (SSSR count). The molecule has 0 unspecified atom stereocenters. The minimum absolute atomic E-state index is 0.127. The molecule has 4 heterocycles. The van der Waals surface area contributed by atoms with Crippen molar-refractivity contribution in [2.75, 3.05) is 31.2 Å². The molecule has 3 aromatic rings. The fourth-order valence-electron chi connectivity index (χ4n) is 2.89. The number of aromatic nitrogens is 2. The van der Waals surface area contributed by atoms with E-state index in [0.29, 0.717) is 12.8 Å². The number of ether oxygens (including phenoxy) is 1. The van der Waals surface area contributed by atoms with Gasteiger partial charge in [-0.15, -0.1) is 11.3 Å². The number of furan rings is 1. The predicted molar refractivity (Wildman–Crippen MR) is 99.5 cm³/mol. The van der Waals surface area contributed by atoms with E-state index in [-0.39, 0.29) is 5.78 Å². The molecule has 1 saturated heterocycles. The number of pyridine rings is 1. The molecule has 0 bridgehead atoms. The minimum Gasteiger partial charge on any atom is -0.462 e. The molecule has 0 aromatic carbocycles. The van der Waals surface area contributed by atoms with Crippen LogP contribution in [-0.2, 0) is 22.4 Å². The third kappa shape index (κ3) is 4.00. The van der Waals surface area contributed by atoms with Crippen molar-refractivity contribution in [3.8, 4) is 10.8 Å². The maximum absolute atomic E-state index is 12.4. The average molecular weight is 369 g/mol. The highest BCUT2D eigenvalue weighted by Gasteiger charge is 2.14. The first kappa shape index (κ1) is 16.9. The molecule has 0 atom stereocenters. The molecule has 0 amide bonds. The summed E-state index contributed by atoms with van der Waals surface area (Å²) in [5, 5.41) is 2.71. The van der Waals surface area contributed by atoms with Gasteiger partial charge in [0.15, 0.2) is 10.8 Å². The predicted octanol–water partition coefficient (Wildman–Crippen LogP) is 2.99. The molecular weight excluding hydrogens is 350 g/mol. The third-order valence-electron chi connectivity index (χ3n) is 4.21. The van der Waals surface area contributed by atoms with E-state index in [1.165, 1.54) is 11.3 Å². The average Bonchev–Trinajstić information content (AvgIpc) is 3.35. The zero-order chi connectivity index (χ0) is 17.8. The molecule has 0 spiro atoms. The molecule has 1 aliphatic heterocycles. The second kappa shape index (κ2) is 7.80. The lowest BCUT2D eigenvalue weighted by molar-refractivity contribution is -0.117. The maximum atomic E-state index is 12.4. The van der Waals surface area contributed by atoms with Crippen molar-refractivity contribution in [1.82, 2.24) is 9.97 Å². The van der Waals surface area contributed by atoms with E-state index < -0.39 is 0 Å². The summed E-state index contributed by atoms with van der Waals surface area (Å²) >= 11 is 1.49. The Morgan fingerprint density at radius 2 is 2.08 bits per heavy atom. The van der Waals surface area contributed by atoms with Gasteiger partial charge in [0.05, 0.1) is 25.2 Å². The molecule has 134 valence electrons. The van der Waals surface area contributed by atoms with Crippen molar-refractivity contribution in [3.63, 3.8) is 0 Å². The molecule has 1 aliphatic rings. The molecule has 26 heavy (non-hydrogen) atoms. The molecule has 3 aromatic heterocycles. The van der Waals surface area contributed by atoms with E-state index in [1.807, 2.05) is 29.6 Å². The Balaban J connectivity index is 1.34. The van der Waals surface area contributed by atoms with Crippen molar-refractivity contribution >= 4 is 22.9 Å². The zero-order valence-electron chi connectivity index (χ0n) is 14.3. The van der Waals surface area contributed by atoms with Gasteiger partial charge >= 0.3 is 0 Å². The summed E-state index contributed by atoms with van der Waals surface area (Å²) in [5.41, 5.74) is 1.71. The molecule has 1 fully saturated rings. The van der Waals surface area contributed by atoms with Crippen LogP contribution in [0.5, 0.6) is 0 Å². The number of hydrogen-bond donors (Lipinski definition) is 0. The largest absolute Gasteiger partial charge is 0.462 e. The number of ketones is 1. The highest BCUT2D eigenvalue weighted by Crippen LogP contribution is 2.24. The van der Waals surface area contributed by atoms with E-state index in [9.17, 15) is 4.79 Å². The van der Waals surface area contributed by atoms with Gasteiger partial charge in [-0.1, -0.05) is 6.07 Å². The van der Waals surface area contributed by atoms with Crippen molar-refractivity contribution in [3.05, 3.63) is 53.4 Å². The van der Waals surface area contributed by atoms with Crippen LogP contribution in [-0.4, -0.2) is 42.1 Å². The van der Waals surface area contributed by atoms with E-state index in [4.69, 9.17) is 9.15 Å². The lowest BCUT2D eigenvalue weighted by Crippen LogP contribution is -2.36. The number of nitrogens with zero attached hydrogens (tertiary/aromatic N) is 3. The van der Waals surface area contributed by atoms with Crippen LogP contribution < -0.4 is 4.90 Å². The summed E-state index contributed by atoms with van der Waals surface area (Å²) in [6.45, 7) is 3.17. The smallest absolute Gasteiger partial charge is 0.162 e. The second-order valence-corrected chi connectivity index (χ2v) is 7.00. The van der Waals surface area contributed by atoms with Gasteiger partial charge in [0, 0.05) is 37.5 Å². The Labute approximate surface area is 155 Å². The topological polar surface area (TPSA) is 68.5 Å². The number of hydrogen-bond acceptors (Lipinski definition) is 7. The first-order valence-corrected chi connectivity index (χ1v) is 9.43. The van der Waals surface area contributed by atoms with Gasteiger partial charge in [0.25, 0.3) is 0 Å². The number of carbonyl (C=O) groups excluding carboxylic acids is 1. The van der Waals surface area contributed by atoms with Crippen LogP contribution in [0.15, 0.2) is 46.5 Å². The summed E-state index contributed by atoms with van der Waals surface area (Å²) in [4.78, 5) is 23.5. The highest BCUT2D eigenvalue weighted by molar-refractivity contribution is 7.13. The zero-order valence-corrected chi connectivity index (χ0v) is 15.1. The van der Waals surface area contributed by atoms with E-state index in [0.717, 1.165) is 54.1 Å². The van der Waals surface area contributed by atoms with Gasteiger partial charge in [-0.05, 0) is 23.8 Å². The number of morpholine rings is 1. The quantitative estimate of drug-likeness (QED) is 0.665. The SMILES string of the molecule is O=C(Cc1ccc(N2CCOCC2)nc1)Cc1csc(-c2ccco2)n1. The van der Waals surface area contributed by atoms with E-state index in [2.05, 4.69) is 14.9 Å². The van der Waals surface area contributed by atoms with Gasteiger partial charge < -0.3 is 14.1 Å². The molecule has 0 radical (unpaired) electrons. The fourth-order valence-corrected chi connectivity index (χ4v) is 3.68. The van der Waals surface area contributed by atoms with E-state index >= 15 is 0 Å². The Hall–Kier alpha value is -2.51. The maximum Gasteiger partial charge on any atom is 0.162 e. The Kier molecular flexibility index (Phi) is 5.08. The third-order valence-corrected chi connectivity index (χ3v) is 5.11. The summed E-state index contributed by atoms with van der Waals surface area (Å²) in [5.74, 6) is 1.80. The molecular formula is C19H19N3O3S. The lowest BCUT2D eigenvalue weighted by atomic mass is 10.1. The molecule has 0 N–H and O–H groups in total. The van der Waals surface area contributed by atoms with Crippen molar-refractivity contribution in [1.29, 1.82) is 0 Å². The van der Waals surface area contributed by atoms with Gasteiger partial charge in [-0.3, -0.25) is 4.79 Å². The van der Waals surface area contributed by atoms with Crippen molar-refractivity contribution in [2.45, 2.75) is 12.8 Å². The molecule has 6 nitrogen and oxygen atoms in total. The van der Waals surface area contributed by atoms with Crippen LogP contribution in [0.4, 0.5) is 5.82 Å². The fraction of sp³-hybridized carbons (Fsp3) is 0.316. The Bertz CT molecular complexity index is 853. The summed E-state index contributed by atoms with van der Waals surface area (Å²) in [7, 11) is 0. The summed E-state index contributed by atoms with van der Waals surface area (Å²) in [6, 6.07) is 7.65. The van der Waals surface area contributed by atoms with Gasteiger partial charge in [-0.25, -0.2) is 9.97 Å². The summed E-state index contributed by atoms with van der Waals surface area (Å²) in [6.07, 6.45) is 4.10. The number of carbonyl (C=O) groups is 1. The monoisotopic (exact) mass is 369 g/mol. The number of thiazole rings is 1. The van der Waals surface area contributed by atoms with Crippen LogP contribution in [0.25, 0.3) is 10.8 Å². The van der Waals surface area contributed by atoms with Gasteiger partial charge in [-0.2, -0.15) is 0 Å². The van der Waals surface area contributed by atoms with Crippen molar-refractivity contribution < 1.29 is 13.9 Å². The standard InChI is InChI=1S/C19H19N3O3S/c23-16(11-15-13-26-19(21-15)17-2-1-7-25-17)10-14-3-4-18(20-12-14)22-5-8-24-9-6-22/h1-4,7,12-13H,5-6,8-11H2. The Morgan fingerprint density at radius 1 is 1.19 bits per heavy atom. The van der Waals surface area contributed by atoms with Crippen LogP contribution in [0.2, 0.25) is 0 Å². The van der Waals surface area contributed by atoms with Crippen LogP contribution in [0.3, 0.4) is 0 Å². The van der Waals surface area contributed by atoms with Crippen LogP contribution in [0, 0.1) is 0 Å². The molecule has 0 saturated carbocycles. The number of Topliss-reactive ketones (excluding diaryl/α,β-unsaturated/α-hetero) is 1. The van der Waals surface area contributed by atoms with Gasteiger partial charge in [0.2, 0.25) is 0 Å². The first-order chi connectivity index (χ1) is 12.8. The van der Waals surface area contributed by atoms with Crippen LogP contribution >= 0.6 is 11.3 Å². The molecule has 0 aliphatic carbocycles. The van der Waals surface area contributed by atoms with E-state index in [1.54, 1.807) is 12.5 Å². The summed E-state index contributed by atoms with van der Waals surface area (Å²) < 4.78 is 10.7. The second-order valence-electron chi connectivity index (χ2n) is 6.14. The number of rotatable bonds is 6. The van der Waals surface area contributed by atoms with Crippen LogP contribution in [0.1, 0.15) is 11.3 Å². The molecule has 7 heteroatoms. The minimum atomic E-state index is 0.127. The lowest BCUT2D eigenvalue weighted by Gasteiger charge is -2.27. The normalized spacial score (nSPS) is 14.5. The number of anilines is 1. The van der Waals surface area contributed by atoms with Gasteiger partial charge in [0.1, 0.15) is 11.6 Å². The Morgan fingerprint density at radius 3 is 2.81 bits per heavy atom. The highest BCUT2D eigenvalue weighted by atomic mass is 32.1. The van der Waals surface area contributed by atoms with Crippen molar-refractivity contribution in [2.24, 2.45) is 0 Å². The first-order valence-electron chi connectivity index (χ1n) is 8.55.